The molecule has 0 aliphatic rings. The number of allylic oxidation sites excluding steroid dienone is 1. The molecule has 0 atom stereocenters. The van der Waals surface area contributed by atoms with E-state index in [9.17, 15) is 4.79 Å². The van der Waals surface area contributed by atoms with Crippen LogP contribution in [0.15, 0.2) is 30.3 Å². The molecule has 0 amide bonds. The standard InChI is InChI=1S/C11H9NO2/c1-8(6-11(13)14)10-4-2-9(7-12)3-5-10/h2-6H,1H3,(H,13,14). The summed E-state index contributed by atoms with van der Waals surface area (Å²) in [4.78, 5) is 10.4. The molecular weight excluding hydrogens is 178 g/mol. The van der Waals surface area contributed by atoms with E-state index in [1.165, 1.54) is 0 Å². The fraction of sp³-hybridized carbons (Fsp3) is 0.0909. The molecule has 0 heterocycles. The Balaban J connectivity index is 2.99. The minimum absolute atomic E-state index is 0.567. The maximum Gasteiger partial charge on any atom is 0.328 e. The third-order valence-electron chi connectivity index (χ3n) is 1.81. The SMILES string of the molecule is CC(=CC(=O)O)c1ccc(C#N)cc1. The molecule has 70 valence electrons. The van der Waals surface area contributed by atoms with Gasteiger partial charge in [0, 0.05) is 6.08 Å². The summed E-state index contributed by atoms with van der Waals surface area (Å²) in [5.74, 6) is -0.966. The first-order valence-electron chi connectivity index (χ1n) is 4.05. The molecule has 0 spiro atoms. The van der Waals surface area contributed by atoms with Crippen LogP contribution in [0.1, 0.15) is 18.1 Å². The average molecular weight is 187 g/mol. The van der Waals surface area contributed by atoms with Crippen LogP contribution in [0.5, 0.6) is 0 Å². The molecule has 0 saturated carbocycles. The second kappa shape index (κ2) is 4.24. The van der Waals surface area contributed by atoms with Crippen molar-refractivity contribution in [3.8, 4) is 6.07 Å². The summed E-state index contributed by atoms with van der Waals surface area (Å²) in [6.45, 7) is 1.72. The molecule has 1 N–H and O–H groups in total. The lowest BCUT2D eigenvalue weighted by atomic mass is 10.1. The highest BCUT2D eigenvalue weighted by molar-refractivity contribution is 5.89. The third kappa shape index (κ3) is 2.46. The lowest BCUT2D eigenvalue weighted by molar-refractivity contribution is -0.131. The Morgan fingerprint density at radius 2 is 2.00 bits per heavy atom. The largest absolute Gasteiger partial charge is 0.478 e. The number of nitrogens with zero attached hydrogens (tertiary/aromatic N) is 1. The van der Waals surface area contributed by atoms with Gasteiger partial charge in [-0.05, 0) is 30.2 Å². The van der Waals surface area contributed by atoms with E-state index < -0.39 is 5.97 Å². The molecule has 0 fully saturated rings. The summed E-state index contributed by atoms with van der Waals surface area (Å²) in [6, 6.07) is 8.78. The van der Waals surface area contributed by atoms with Gasteiger partial charge >= 0.3 is 5.97 Å². The molecule has 0 unspecified atom stereocenters. The summed E-state index contributed by atoms with van der Waals surface area (Å²) < 4.78 is 0. The van der Waals surface area contributed by atoms with Crippen molar-refractivity contribution < 1.29 is 9.90 Å². The van der Waals surface area contributed by atoms with Crippen LogP contribution in [0.3, 0.4) is 0 Å². The molecule has 3 nitrogen and oxygen atoms in total. The molecule has 1 aromatic carbocycles. The fourth-order valence-corrected chi connectivity index (χ4v) is 1.08. The Hall–Kier alpha value is -2.08. The van der Waals surface area contributed by atoms with E-state index in [-0.39, 0.29) is 0 Å². The van der Waals surface area contributed by atoms with Gasteiger partial charge in [0.1, 0.15) is 0 Å². The number of hydrogen-bond donors (Lipinski definition) is 1. The zero-order valence-electron chi connectivity index (χ0n) is 7.69. The summed E-state index contributed by atoms with van der Waals surface area (Å²) in [5, 5.41) is 17.1. The lowest BCUT2D eigenvalue weighted by Gasteiger charge is -1.99. The van der Waals surface area contributed by atoms with Gasteiger partial charge in [-0.15, -0.1) is 0 Å². The highest BCUT2D eigenvalue weighted by Gasteiger charge is 1.98. The lowest BCUT2D eigenvalue weighted by Crippen LogP contribution is -1.90. The van der Waals surface area contributed by atoms with E-state index in [0.717, 1.165) is 11.6 Å². The molecule has 0 saturated heterocycles. The molecule has 0 bridgehead atoms. The van der Waals surface area contributed by atoms with Crippen molar-refractivity contribution in [3.63, 3.8) is 0 Å². The number of carbonyl (C=O) groups is 1. The van der Waals surface area contributed by atoms with Crippen LogP contribution in [0.2, 0.25) is 0 Å². The van der Waals surface area contributed by atoms with Crippen LogP contribution >= 0.6 is 0 Å². The first kappa shape index (κ1) is 10.0. The van der Waals surface area contributed by atoms with Gasteiger partial charge in [-0.1, -0.05) is 12.1 Å². The van der Waals surface area contributed by atoms with Crippen molar-refractivity contribution in [2.45, 2.75) is 6.92 Å². The van der Waals surface area contributed by atoms with Gasteiger partial charge < -0.3 is 5.11 Å². The topological polar surface area (TPSA) is 61.1 Å². The van der Waals surface area contributed by atoms with Crippen LogP contribution < -0.4 is 0 Å². The maximum absolute atomic E-state index is 10.4. The van der Waals surface area contributed by atoms with Crippen molar-refractivity contribution in [2.24, 2.45) is 0 Å². The van der Waals surface area contributed by atoms with Crippen molar-refractivity contribution >= 4 is 11.5 Å². The summed E-state index contributed by atoms with van der Waals surface area (Å²) in [7, 11) is 0. The van der Waals surface area contributed by atoms with Crippen LogP contribution in [0.25, 0.3) is 5.57 Å². The van der Waals surface area contributed by atoms with E-state index in [2.05, 4.69) is 0 Å². The molecule has 1 rings (SSSR count). The first-order chi connectivity index (χ1) is 6.63. The molecule has 0 aliphatic heterocycles. The third-order valence-corrected chi connectivity index (χ3v) is 1.81. The van der Waals surface area contributed by atoms with Gasteiger partial charge in [0.05, 0.1) is 11.6 Å². The van der Waals surface area contributed by atoms with Crippen LogP contribution in [0.4, 0.5) is 0 Å². The molecule has 14 heavy (non-hydrogen) atoms. The highest BCUT2D eigenvalue weighted by Crippen LogP contribution is 2.13. The zero-order valence-corrected chi connectivity index (χ0v) is 7.69. The smallest absolute Gasteiger partial charge is 0.328 e. The van der Waals surface area contributed by atoms with E-state index in [0.29, 0.717) is 11.1 Å². The number of aliphatic carboxylic acids is 1. The number of rotatable bonds is 2. The summed E-state index contributed by atoms with van der Waals surface area (Å²) in [5.41, 5.74) is 2.05. The Bertz CT molecular complexity index is 410. The molecule has 0 aromatic heterocycles. The molecule has 3 heteroatoms. The molecular formula is C11H9NO2. The van der Waals surface area contributed by atoms with Crippen LogP contribution in [0, 0.1) is 11.3 Å². The second-order valence-electron chi connectivity index (χ2n) is 2.85. The van der Waals surface area contributed by atoms with Gasteiger partial charge in [-0.25, -0.2) is 4.79 Å². The van der Waals surface area contributed by atoms with Gasteiger partial charge in [0.15, 0.2) is 0 Å². The van der Waals surface area contributed by atoms with Gasteiger partial charge in [0.25, 0.3) is 0 Å². The maximum atomic E-state index is 10.4. The monoisotopic (exact) mass is 187 g/mol. The fourth-order valence-electron chi connectivity index (χ4n) is 1.08. The van der Waals surface area contributed by atoms with E-state index in [1.807, 2.05) is 6.07 Å². The van der Waals surface area contributed by atoms with Crippen molar-refractivity contribution in [1.82, 2.24) is 0 Å². The number of hydrogen-bond acceptors (Lipinski definition) is 2. The predicted molar refractivity (Wildman–Crippen MR) is 52.4 cm³/mol. The number of carboxylic acid groups (broad SMARTS) is 1. The molecule has 1 aromatic rings. The van der Waals surface area contributed by atoms with E-state index >= 15 is 0 Å². The van der Waals surface area contributed by atoms with Crippen LogP contribution in [-0.2, 0) is 4.79 Å². The number of nitriles is 1. The molecule has 0 aliphatic carbocycles. The molecule has 0 radical (unpaired) electrons. The van der Waals surface area contributed by atoms with Crippen LogP contribution in [-0.4, -0.2) is 11.1 Å². The second-order valence-corrected chi connectivity index (χ2v) is 2.85. The Kier molecular flexibility index (Phi) is 3.03. The number of benzene rings is 1. The Morgan fingerprint density at radius 3 is 2.43 bits per heavy atom. The zero-order chi connectivity index (χ0) is 10.6. The highest BCUT2D eigenvalue weighted by atomic mass is 16.4. The summed E-state index contributed by atoms with van der Waals surface area (Å²) >= 11 is 0. The minimum Gasteiger partial charge on any atom is -0.478 e. The van der Waals surface area contributed by atoms with Gasteiger partial charge in [-0.3, -0.25) is 0 Å². The Labute approximate surface area is 81.9 Å². The van der Waals surface area contributed by atoms with Gasteiger partial charge in [0.2, 0.25) is 0 Å². The minimum atomic E-state index is -0.966. The summed E-state index contributed by atoms with van der Waals surface area (Å²) in [6.07, 6.45) is 1.14. The predicted octanol–water partition coefficient (Wildman–Crippen LogP) is 2.05. The number of carboxylic acids is 1. The van der Waals surface area contributed by atoms with Crippen molar-refractivity contribution in [2.75, 3.05) is 0 Å². The quantitative estimate of drug-likeness (QED) is 0.720. The van der Waals surface area contributed by atoms with E-state index in [1.54, 1.807) is 31.2 Å². The van der Waals surface area contributed by atoms with Crippen molar-refractivity contribution in [3.05, 3.63) is 41.5 Å². The normalized spacial score (nSPS) is 10.7. The van der Waals surface area contributed by atoms with Crippen molar-refractivity contribution in [1.29, 1.82) is 5.26 Å². The Morgan fingerprint density at radius 1 is 1.43 bits per heavy atom. The van der Waals surface area contributed by atoms with E-state index in [4.69, 9.17) is 10.4 Å². The van der Waals surface area contributed by atoms with Gasteiger partial charge in [-0.2, -0.15) is 5.26 Å². The average Bonchev–Trinajstić information content (AvgIpc) is 2.17. The first-order valence-corrected chi connectivity index (χ1v) is 4.05.